The van der Waals surface area contributed by atoms with Crippen molar-refractivity contribution < 1.29 is 28.0 Å². The molecule has 0 saturated heterocycles. The lowest BCUT2D eigenvalue weighted by Crippen LogP contribution is -2.50. The highest BCUT2D eigenvalue weighted by atomic mass is 32.2. The van der Waals surface area contributed by atoms with Gasteiger partial charge in [0.1, 0.15) is 6.10 Å². The number of aliphatic hydroxyl groups is 2. The number of carbonyl (C=O) groups excluding carboxylic acids is 1. The summed E-state index contributed by atoms with van der Waals surface area (Å²) in [6.07, 6.45) is 30.7. The highest BCUT2D eigenvalue weighted by molar-refractivity contribution is 7.85. The molecule has 0 aromatic rings. The van der Waals surface area contributed by atoms with Gasteiger partial charge in [0.2, 0.25) is 5.91 Å². The smallest absolute Gasteiger partial charge is 0.267 e. The second-order valence-electron chi connectivity index (χ2n) is 11.2. The Morgan fingerprint density at radius 1 is 0.659 bits per heavy atom. The van der Waals surface area contributed by atoms with Crippen molar-refractivity contribution in [1.82, 2.24) is 5.32 Å². The first kappa shape index (κ1) is 39.5. The third-order valence-electron chi connectivity index (χ3n) is 7.15. The van der Waals surface area contributed by atoms with Crippen LogP contribution < -0.4 is 5.32 Å². The van der Waals surface area contributed by atoms with Crippen molar-refractivity contribution in [2.45, 2.75) is 161 Å². The molecule has 0 bridgehead atoms. The molecule has 0 rings (SSSR count). The zero-order chi connectivity index (χ0) is 30.6. The maximum Gasteiger partial charge on any atom is 0.267 e. The van der Waals surface area contributed by atoms with Gasteiger partial charge in [-0.15, -0.1) is 0 Å². The Morgan fingerprint density at radius 3 is 1.66 bits per heavy atom. The molecule has 0 aliphatic carbocycles. The van der Waals surface area contributed by atoms with Crippen LogP contribution in [0.3, 0.4) is 0 Å². The van der Waals surface area contributed by atoms with Crippen LogP contribution in [-0.4, -0.2) is 53.1 Å². The topological polar surface area (TPSA) is 124 Å². The molecule has 0 saturated carbocycles. The molecular weight excluding hydrogens is 538 g/mol. The van der Waals surface area contributed by atoms with E-state index < -0.39 is 40.0 Å². The van der Waals surface area contributed by atoms with Crippen molar-refractivity contribution in [3.8, 4) is 0 Å². The van der Waals surface area contributed by atoms with E-state index in [2.05, 4.69) is 43.5 Å². The molecule has 7 nitrogen and oxygen atoms in total. The van der Waals surface area contributed by atoms with Gasteiger partial charge in [0, 0.05) is 0 Å². The van der Waals surface area contributed by atoms with Gasteiger partial charge in [0.15, 0.2) is 0 Å². The van der Waals surface area contributed by atoms with Crippen molar-refractivity contribution in [1.29, 1.82) is 0 Å². The normalized spacial score (nSPS) is 14.8. The van der Waals surface area contributed by atoms with Crippen LogP contribution in [0.2, 0.25) is 0 Å². The van der Waals surface area contributed by atoms with E-state index in [1.807, 2.05) is 0 Å². The Labute approximate surface area is 251 Å². The number of hydrogen-bond donors (Lipinski definition) is 4. The number of hydrogen-bond acceptors (Lipinski definition) is 5. The maximum atomic E-state index is 12.5. The molecule has 0 aliphatic rings. The highest BCUT2D eigenvalue weighted by Gasteiger charge is 2.27. The standard InChI is InChI=1S/C33H61NO6S/c1-3-5-7-9-11-13-14-15-16-17-18-20-22-24-26-28-32(36)33(37)34-30(29-41(38,39)40)31(35)27-25-23-21-19-12-10-8-6-4-2/h12,16-17,19,25,27,30-32,35-36H,3-11,13-15,18,20-24,26,28-29H2,1-2H3,(H,34,37)(H,38,39,40)/b17-16-,19-12+,27-25+. The molecule has 0 heterocycles. The highest BCUT2D eigenvalue weighted by Crippen LogP contribution is 2.11. The van der Waals surface area contributed by atoms with Gasteiger partial charge in [-0.2, -0.15) is 8.42 Å². The van der Waals surface area contributed by atoms with Gasteiger partial charge in [-0.3, -0.25) is 9.35 Å². The van der Waals surface area contributed by atoms with E-state index in [1.165, 1.54) is 70.3 Å². The molecule has 0 aliphatic heterocycles. The fourth-order valence-electron chi connectivity index (χ4n) is 4.58. The zero-order valence-electron chi connectivity index (χ0n) is 26.0. The molecule has 0 spiro atoms. The molecule has 0 radical (unpaired) electrons. The monoisotopic (exact) mass is 599 g/mol. The van der Waals surface area contributed by atoms with E-state index in [0.717, 1.165) is 44.9 Å². The predicted molar refractivity (Wildman–Crippen MR) is 171 cm³/mol. The molecule has 8 heteroatoms. The summed E-state index contributed by atoms with van der Waals surface area (Å²) in [6, 6.07) is -1.25. The van der Waals surface area contributed by atoms with E-state index in [1.54, 1.807) is 6.08 Å². The molecule has 3 atom stereocenters. The van der Waals surface area contributed by atoms with Gasteiger partial charge in [0.25, 0.3) is 10.1 Å². The second kappa shape index (κ2) is 27.4. The lowest BCUT2D eigenvalue weighted by molar-refractivity contribution is -0.130. The minimum Gasteiger partial charge on any atom is -0.387 e. The minimum absolute atomic E-state index is 0.259. The Bertz CT molecular complexity index is 809. The van der Waals surface area contributed by atoms with Crippen LogP contribution in [0.25, 0.3) is 0 Å². The number of aliphatic hydroxyl groups excluding tert-OH is 2. The summed E-state index contributed by atoms with van der Waals surface area (Å²) in [5.41, 5.74) is 0. The van der Waals surface area contributed by atoms with Crippen molar-refractivity contribution in [2.75, 3.05) is 5.75 Å². The van der Waals surface area contributed by atoms with E-state index >= 15 is 0 Å². The molecule has 0 aromatic carbocycles. The summed E-state index contributed by atoms with van der Waals surface area (Å²) in [5, 5.41) is 23.1. The van der Waals surface area contributed by atoms with Gasteiger partial charge >= 0.3 is 0 Å². The first-order chi connectivity index (χ1) is 19.7. The van der Waals surface area contributed by atoms with Crippen molar-refractivity contribution in [3.63, 3.8) is 0 Å². The lowest BCUT2D eigenvalue weighted by Gasteiger charge is -2.22. The number of carbonyl (C=O) groups is 1. The zero-order valence-corrected chi connectivity index (χ0v) is 26.8. The molecule has 3 unspecified atom stereocenters. The number of amides is 1. The minimum atomic E-state index is -4.44. The van der Waals surface area contributed by atoms with Crippen LogP contribution in [0.4, 0.5) is 0 Å². The molecular formula is C33H61NO6S. The van der Waals surface area contributed by atoms with E-state index in [0.29, 0.717) is 12.8 Å². The third-order valence-corrected chi connectivity index (χ3v) is 7.93. The molecule has 0 fully saturated rings. The molecule has 4 N–H and O–H groups in total. The summed E-state index contributed by atoms with van der Waals surface area (Å²) in [4.78, 5) is 12.5. The van der Waals surface area contributed by atoms with E-state index in [-0.39, 0.29) is 6.42 Å². The van der Waals surface area contributed by atoms with Gasteiger partial charge in [-0.1, -0.05) is 121 Å². The summed E-state index contributed by atoms with van der Waals surface area (Å²) >= 11 is 0. The Balaban J connectivity index is 4.21. The molecule has 41 heavy (non-hydrogen) atoms. The van der Waals surface area contributed by atoms with Crippen LogP contribution >= 0.6 is 0 Å². The quantitative estimate of drug-likeness (QED) is 0.0417. The van der Waals surface area contributed by atoms with Crippen LogP contribution in [0.15, 0.2) is 36.5 Å². The van der Waals surface area contributed by atoms with Gasteiger partial charge in [0.05, 0.1) is 17.9 Å². The molecule has 240 valence electrons. The molecule has 1 amide bonds. The lowest BCUT2D eigenvalue weighted by atomic mass is 10.1. The van der Waals surface area contributed by atoms with Crippen LogP contribution in [0.1, 0.15) is 142 Å². The maximum absolute atomic E-state index is 12.5. The number of unbranched alkanes of at least 4 members (excludes halogenated alkanes) is 15. The summed E-state index contributed by atoms with van der Waals surface area (Å²) < 4.78 is 32.2. The number of rotatable bonds is 28. The van der Waals surface area contributed by atoms with Crippen LogP contribution in [-0.2, 0) is 14.9 Å². The summed E-state index contributed by atoms with van der Waals surface area (Å²) in [6.45, 7) is 4.41. The van der Waals surface area contributed by atoms with Crippen LogP contribution in [0, 0.1) is 0 Å². The van der Waals surface area contributed by atoms with Crippen molar-refractivity contribution >= 4 is 16.0 Å². The first-order valence-electron chi connectivity index (χ1n) is 16.3. The van der Waals surface area contributed by atoms with Gasteiger partial charge in [-0.25, -0.2) is 0 Å². The number of allylic oxidation sites excluding steroid dienone is 5. The predicted octanol–water partition coefficient (Wildman–Crippen LogP) is 7.59. The van der Waals surface area contributed by atoms with Gasteiger partial charge < -0.3 is 15.5 Å². The average molecular weight is 600 g/mol. The van der Waals surface area contributed by atoms with Crippen molar-refractivity contribution in [2.24, 2.45) is 0 Å². The average Bonchev–Trinajstić information content (AvgIpc) is 2.92. The molecule has 0 aromatic heterocycles. The Kier molecular flexibility index (Phi) is 26.4. The van der Waals surface area contributed by atoms with Gasteiger partial charge in [-0.05, 0) is 57.8 Å². The Morgan fingerprint density at radius 2 is 1.10 bits per heavy atom. The fourth-order valence-corrected chi connectivity index (χ4v) is 5.32. The first-order valence-corrected chi connectivity index (χ1v) is 17.9. The van der Waals surface area contributed by atoms with Crippen molar-refractivity contribution in [3.05, 3.63) is 36.5 Å². The van der Waals surface area contributed by atoms with Crippen LogP contribution in [0.5, 0.6) is 0 Å². The van der Waals surface area contributed by atoms with E-state index in [4.69, 9.17) is 0 Å². The fraction of sp³-hybridized carbons (Fsp3) is 0.788. The SMILES string of the molecule is CCCCC/C=C/CC/C=C/C(O)C(CS(=O)(=O)O)NC(=O)C(O)CCCCCC/C=C\CCCCCCCCC. The van der Waals surface area contributed by atoms with E-state index in [9.17, 15) is 28.0 Å². The summed E-state index contributed by atoms with van der Waals surface area (Å²) in [7, 11) is -4.44. The summed E-state index contributed by atoms with van der Waals surface area (Å²) in [5.74, 6) is -1.57. The second-order valence-corrected chi connectivity index (χ2v) is 12.7. The third kappa shape index (κ3) is 27.1. The largest absolute Gasteiger partial charge is 0.387 e. The number of nitrogens with one attached hydrogen (secondary N) is 1. The Hall–Kier alpha value is -1.48.